The second-order valence-electron chi connectivity index (χ2n) is 12.6. The van der Waals surface area contributed by atoms with E-state index in [0.717, 1.165) is 12.8 Å². The minimum Gasteiger partial charge on any atom is -0.494 e. The molecule has 0 radical (unpaired) electrons. The van der Waals surface area contributed by atoms with Gasteiger partial charge in [-0.1, -0.05) is 58.3 Å². The summed E-state index contributed by atoms with van der Waals surface area (Å²) in [6.45, 7) is 2.83. The van der Waals surface area contributed by atoms with Crippen LogP contribution in [0, 0.1) is 0 Å². The maximum atomic E-state index is 13.8. The number of carbonyl (C=O) groups is 4. The molecule has 0 unspecified atom stereocenters. The van der Waals surface area contributed by atoms with Gasteiger partial charge < -0.3 is 41.4 Å². The third kappa shape index (κ3) is 13.4. The second kappa shape index (κ2) is 20.9. The number of nitrogens with two attached hydrogens (primary N) is 1. The van der Waals surface area contributed by atoms with Crippen molar-refractivity contribution in [3.8, 4) is 5.75 Å². The van der Waals surface area contributed by atoms with E-state index in [1.807, 2.05) is 0 Å². The van der Waals surface area contributed by atoms with Crippen molar-refractivity contribution < 1.29 is 23.9 Å². The van der Waals surface area contributed by atoms with Crippen LogP contribution in [-0.2, 0) is 33.6 Å². The molecule has 3 aromatic heterocycles. The number of rotatable bonds is 24. The molecule has 51 heavy (non-hydrogen) atoms. The number of benzene rings is 1. The Kier molecular flexibility index (Phi) is 15.7. The first kappa shape index (κ1) is 38.3. The summed E-state index contributed by atoms with van der Waals surface area (Å²) < 4.78 is 5.88. The summed E-state index contributed by atoms with van der Waals surface area (Å²) in [6.07, 6.45) is 20.2. The van der Waals surface area contributed by atoms with Gasteiger partial charge in [0, 0.05) is 60.5 Å². The molecule has 0 saturated heterocycles. The third-order valence-electron chi connectivity index (χ3n) is 8.48. The van der Waals surface area contributed by atoms with Gasteiger partial charge in [0.1, 0.15) is 23.9 Å². The van der Waals surface area contributed by atoms with Crippen LogP contribution >= 0.6 is 0 Å². The Hall–Kier alpha value is -5.47. The number of imidazole rings is 3. The number of nitrogens with one attached hydrogen (secondary N) is 6. The smallest absolute Gasteiger partial charge is 0.251 e. The van der Waals surface area contributed by atoms with Crippen molar-refractivity contribution in [3.63, 3.8) is 0 Å². The third-order valence-corrected chi connectivity index (χ3v) is 8.48. The lowest BCUT2D eigenvalue weighted by molar-refractivity contribution is -0.131. The summed E-state index contributed by atoms with van der Waals surface area (Å²) in [7, 11) is 0. The summed E-state index contributed by atoms with van der Waals surface area (Å²) in [5.74, 6) is -1.85. The highest BCUT2D eigenvalue weighted by atomic mass is 16.5. The number of hydrogen-bond donors (Lipinski definition) is 7. The maximum absolute atomic E-state index is 13.8. The average Bonchev–Trinajstić information content (AvgIpc) is 3.94. The van der Waals surface area contributed by atoms with Crippen molar-refractivity contribution in [1.29, 1.82) is 0 Å². The van der Waals surface area contributed by atoms with Gasteiger partial charge in [0.15, 0.2) is 0 Å². The highest BCUT2D eigenvalue weighted by Crippen LogP contribution is 2.15. The van der Waals surface area contributed by atoms with Crippen LogP contribution < -0.4 is 26.4 Å². The minimum absolute atomic E-state index is 0.0261. The first-order valence-electron chi connectivity index (χ1n) is 17.7. The Labute approximate surface area is 297 Å². The normalized spacial score (nSPS) is 12.8. The topological polar surface area (TPSA) is 226 Å². The van der Waals surface area contributed by atoms with E-state index >= 15 is 0 Å². The van der Waals surface area contributed by atoms with Gasteiger partial charge in [-0.25, -0.2) is 15.0 Å². The van der Waals surface area contributed by atoms with Crippen molar-refractivity contribution in [3.05, 3.63) is 84.5 Å². The predicted octanol–water partition coefficient (Wildman–Crippen LogP) is 3.05. The van der Waals surface area contributed by atoms with Crippen LogP contribution in [0.1, 0.15) is 92.2 Å². The Balaban J connectivity index is 1.35. The van der Waals surface area contributed by atoms with Crippen molar-refractivity contribution >= 4 is 23.6 Å². The van der Waals surface area contributed by atoms with Crippen LogP contribution in [0.15, 0.2) is 61.8 Å². The van der Waals surface area contributed by atoms with Gasteiger partial charge in [-0.15, -0.1) is 0 Å². The van der Waals surface area contributed by atoms with E-state index in [-0.39, 0.29) is 19.3 Å². The van der Waals surface area contributed by atoms with Crippen LogP contribution in [0.25, 0.3) is 0 Å². The van der Waals surface area contributed by atoms with E-state index in [4.69, 9.17) is 10.5 Å². The molecule has 4 aromatic rings. The highest BCUT2D eigenvalue weighted by molar-refractivity contribution is 5.99. The fraction of sp³-hybridized carbons (Fsp3) is 0.472. The van der Waals surface area contributed by atoms with Crippen LogP contribution in [0.4, 0.5) is 0 Å². The predicted molar refractivity (Wildman–Crippen MR) is 190 cm³/mol. The summed E-state index contributed by atoms with van der Waals surface area (Å²) in [6, 6.07) is 3.44. The average molecular weight is 703 g/mol. The number of ether oxygens (including phenoxy) is 1. The van der Waals surface area contributed by atoms with Crippen molar-refractivity contribution in [2.45, 2.75) is 102 Å². The zero-order chi connectivity index (χ0) is 36.3. The van der Waals surface area contributed by atoms with E-state index in [2.05, 4.69) is 52.8 Å². The van der Waals surface area contributed by atoms with Crippen molar-refractivity contribution in [2.24, 2.45) is 5.73 Å². The zero-order valence-electron chi connectivity index (χ0n) is 29.2. The summed E-state index contributed by atoms with van der Waals surface area (Å²) in [4.78, 5) is 73.6. The lowest BCUT2D eigenvalue weighted by Crippen LogP contribution is -2.57. The molecule has 4 amide bonds. The standard InChI is InChI=1S/C36H50N10O5/c1-2-3-4-5-6-7-8-9-10-15-51-29-13-11-25(12-14-29)34(48)45-31(17-27-20-39-23-42-27)36(50)46-32(18-28-21-40-24-43-28)35(49)44-30(33(37)47)16-26-19-38-22-41-26/h11-14,19-24,30-32H,2-10,15-18H2,1H3,(H2,37,47)(H,38,41)(H,39,42)(H,40,43)(H,44,49)(H,45,48)(H,46,50)/t30-,31-,32-/m0/s1. The summed E-state index contributed by atoms with van der Waals surface area (Å²) in [5.41, 5.74) is 7.68. The number of unbranched alkanes of at least 4 members (excludes halogenated alkanes) is 8. The molecule has 1 aromatic carbocycles. The first-order chi connectivity index (χ1) is 24.8. The molecule has 0 aliphatic heterocycles. The molecule has 0 saturated carbocycles. The maximum Gasteiger partial charge on any atom is 0.251 e. The zero-order valence-corrected chi connectivity index (χ0v) is 29.2. The Morgan fingerprint density at radius 1 is 0.647 bits per heavy atom. The Morgan fingerprint density at radius 2 is 1.10 bits per heavy atom. The highest BCUT2D eigenvalue weighted by Gasteiger charge is 2.30. The number of amides is 4. The number of nitrogens with zero attached hydrogens (tertiary/aromatic N) is 3. The summed E-state index contributed by atoms with van der Waals surface area (Å²) in [5, 5.41) is 8.18. The van der Waals surface area contributed by atoms with Gasteiger partial charge in [0.25, 0.3) is 5.91 Å². The van der Waals surface area contributed by atoms with E-state index in [1.54, 1.807) is 30.5 Å². The van der Waals surface area contributed by atoms with E-state index in [0.29, 0.717) is 35.0 Å². The lowest BCUT2D eigenvalue weighted by Gasteiger charge is -2.24. The minimum atomic E-state index is -1.15. The van der Waals surface area contributed by atoms with Crippen molar-refractivity contribution in [1.82, 2.24) is 45.9 Å². The van der Waals surface area contributed by atoms with Crippen molar-refractivity contribution in [2.75, 3.05) is 6.61 Å². The van der Waals surface area contributed by atoms with Gasteiger partial charge in [0.2, 0.25) is 17.7 Å². The molecule has 0 aliphatic carbocycles. The molecular weight excluding hydrogens is 652 g/mol. The van der Waals surface area contributed by atoms with Gasteiger partial charge >= 0.3 is 0 Å². The molecule has 0 fully saturated rings. The molecule has 15 nitrogen and oxygen atoms in total. The van der Waals surface area contributed by atoms with Gasteiger partial charge in [-0.05, 0) is 30.7 Å². The molecular formula is C36H50N10O5. The molecule has 3 atom stereocenters. The van der Waals surface area contributed by atoms with Crippen LogP contribution in [0.5, 0.6) is 5.75 Å². The molecule has 15 heteroatoms. The van der Waals surface area contributed by atoms with Crippen LogP contribution in [-0.4, -0.2) is 78.3 Å². The van der Waals surface area contributed by atoms with Gasteiger partial charge in [-0.2, -0.15) is 0 Å². The number of aromatic nitrogens is 6. The van der Waals surface area contributed by atoms with E-state index in [9.17, 15) is 19.2 Å². The van der Waals surface area contributed by atoms with Crippen LogP contribution in [0.2, 0.25) is 0 Å². The van der Waals surface area contributed by atoms with E-state index in [1.165, 1.54) is 76.3 Å². The van der Waals surface area contributed by atoms with Crippen LogP contribution in [0.3, 0.4) is 0 Å². The number of hydrogen-bond acceptors (Lipinski definition) is 8. The molecule has 8 N–H and O–H groups in total. The molecule has 0 aliphatic rings. The quantitative estimate of drug-likeness (QED) is 0.0536. The lowest BCUT2D eigenvalue weighted by atomic mass is 10.1. The fourth-order valence-electron chi connectivity index (χ4n) is 5.58. The first-order valence-corrected chi connectivity index (χ1v) is 17.7. The molecule has 0 spiro atoms. The van der Waals surface area contributed by atoms with Gasteiger partial charge in [0.05, 0.1) is 25.6 Å². The number of primary amides is 1. The molecule has 4 rings (SSSR count). The SMILES string of the molecule is CCCCCCCCCCCOc1ccc(C(=O)N[C@@H](Cc2cnc[nH]2)C(=O)N[C@@H](Cc2cnc[nH]2)C(=O)N[C@@H](Cc2cnc[nH]2)C(N)=O)cc1. The molecule has 0 bridgehead atoms. The number of H-pyrrole nitrogens is 3. The monoisotopic (exact) mass is 702 g/mol. The van der Waals surface area contributed by atoms with Gasteiger partial charge in [-0.3, -0.25) is 19.2 Å². The molecule has 274 valence electrons. The Bertz CT molecular complexity index is 1590. The van der Waals surface area contributed by atoms with E-state index < -0.39 is 41.8 Å². The second-order valence-corrected chi connectivity index (χ2v) is 12.6. The number of aromatic amines is 3. The Morgan fingerprint density at radius 3 is 1.57 bits per heavy atom. The molecule has 3 heterocycles. The largest absolute Gasteiger partial charge is 0.494 e. The summed E-state index contributed by atoms with van der Waals surface area (Å²) >= 11 is 0. The fourth-order valence-corrected chi connectivity index (χ4v) is 5.58. The number of carbonyl (C=O) groups excluding carboxylic acids is 4.